The van der Waals surface area contributed by atoms with Crippen LogP contribution in [0.3, 0.4) is 0 Å². The van der Waals surface area contributed by atoms with Crippen molar-refractivity contribution >= 4 is 11.8 Å². The van der Waals surface area contributed by atoms with Gasteiger partial charge < -0.3 is 20.1 Å². The van der Waals surface area contributed by atoms with E-state index >= 15 is 0 Å². The molecule has 2 unspecified atom stereocenters. The van der Waals surface area contributed by atoms with Gasteiger partial charge in [-0.25, -0.2) is 4.98 Å². The number of hydrogen-bond acceptors (Lipinski definition) is 6. The highest BCUT2D eigenvalue weighted by Gasteiger charge is 2.25. The third-order valence-corrected chi connectivity index (χ3v) is 3.45. The van der Waals surface area contributed by atoms with E-state index < -0.39 is 0 Å². The summed E-state index contributed by atoms with van der Waals surface area (Å²) in [4.78, 5) is 10.4. The molecule has 0 radical (unpaired) electrons. The van der Waals surface area contributed by atoms with E-state index in [1.165, 1.54) is 0 Å². The van der Waals surface area contributed by atoms with Crippen molar-refractivity contribution in [3.05, 3.63) is 12.3 Å². The predicted molar refractivity (Wildman–Crippen MR) is 74.4 cm³/mol. The summed E-state index contributed by atoms with van der Waals surface area (Å²) in [6.45, 7) is 2.43. The molecule has 6 heteroatoms. The number of hydrogen-bond donors (Lipinski definition) is 2. The molecule has 0 aliphatic carbocycles. The van der Waals surface area contributed by atoms with Crippen LogP contribution in [0, 0.1) is 11.8 Å². The molecule has 2 N–H and O–H groups in total. The molecule has 1 aliphatic heterocycles. The SMILES string of the molecule is CN(C)c1nccc(NCC(CO)C2CCOC2)n1. The van der Waals surface area contributed by atoms with Crippen molar-refractivity contribution in [3.8, 4) is 0 Å². The normalized spacial score (nSPS) is 20.3. The van der Waals surface area contributed by atoms with Gasteiger partial charge in [-0.05, 0) is 18.4 Å². The number of aliphatic hydroxyl groups excluding tert-OH is 1. The highest BCUT2D eigenvalue weighted by Crippen LogP contribution is 2.22. The van der Waals surface area contributed by atoms with Gasteiger partial charge >= 0.3 is 0 Å². The van der Waals surface area contributed by atoms with E-state index in [1.807, 2.05) is 25.1 Å². The molecule has 0 aromatic carbocycles. The van der Waals surface area contributed by atoms with Crippen molar-refractivity contribution in [1.29, 1.82) is 0 Å². The first-order chi connectivity index (χ1) is 9.20. The van der Waals surface area contributed by atoms with E-state index in [1.54, 1.807) is 6.20 Å². The van der Waals surface area contributed by atoms with Crippen molar-refractivity contribution in [1.82, 2.24) is 9.97 Å². The fourth-order valence-electron chi connectivity index (χ4n) is 2.20. The summed E-state index contributed by atoms with van der Waals surface area (Å²) in [5.74, 6) is 2.11. The highest BCUT2D eigenvalue weighted by molar-refractivity contribution is 5.40. The minimum Gasteiger partial charge on any atom is -0.396 e. The molecule has 0 saturated carbocycles. The quantitative estimate of drug-likeness (QED) is 0.786. The molecule has 1 aliphatic rings. The zero-order valence-electron chi connectivity index (χ0n) is 11.5. The monoisotopic (exact) mass is 266 g/mol. The van der Waals surface area contributed by atoms with Crippen LogP contribution in [0.2, 0.25) is 0 Å². The molecule has 1 aromatic rings. The Hall–Kier alpha value is -1.40. The third kappa shape index (κ3) is 3.78. The molecule has 1 saturated heterocycles. The molecule has 2 heterocycles. The van der Waals surface area contributed by atoms with Crippen LogP contribution in [-0.4, -0.2) is 55.5 Å². The molecular formula is C13H22N4O2. The molecule has 6 nitrogen and oxygen atoms in total. The molecular weight excluding hydrogens is 244 g/mol. The standard InChI is InChI=1S/C13H22N4O2/c1-17(2)13-14-5-3-12(16-13)15-7-11(8-18)10-4-6-19-9-10/h3,5,10-11,18H,4,6-9H2,1-2H3,(H,14,15,16). The maximum Gasteiger partial charge on any atom is 0.226 e. The molecule has 0 bridgehead atoms. The molecule has 1 aromatic heterocycles. The van der Waals surface area contributed by atoms with E-state index in [2.05, 4.69) is 15.3 Å². The minimum absolute atomic E-state index is 0.173. The summed E-state index contributed by atoms with van der Waals surface area (Å²) in [5.41, 5.74) is 0. The minimum atomic E-state index is 0.173. The van der Waals surface area contributed by atoms with Crippen LogP contribution >= 0.6 is 0 Å². The maximum atomic E-state index is 9.47. The summed E-state index contributed by atoms with van der Waals surface area (Å²) >= 11 is 0. The van der Waals surface area contributed by atoms with Crippen molar-refractivity contribution in [2.75, 3.05) is 50.7 Å². The molecule has 0 amide bonds. The van der Waals surface area contributed by atoms with E-state index in [0.717, 1.165) is 25.5 Å². The van der Waals surface area contributed by atoms with Gasteiger partial charge in [0.15, 0.2) is 0 Å². The molecule has 106 valence electrons. The van der Waals surface area contributed by atoms with Crippen molar-refractivity contribution in [2.24, 2.45) is 11.8 Å². The average Bonchev–Trinajstić information content (AvgIpc) is 2.94. The Morgan fingerprint density at radius 3 is 3.05 bits per heavy atom. The molecule has 2 rings (SSSR count). The second-order valence-electron chi connectivity index (χ2n) is 5.08. The van der Waals surface area contributed by atoms with E-state index in [-0.39, 0.29) is 12.5 Å². The lowest BCUT2D eigenvalue weighted by molar-refractivity contribution is 0.145. The summed E-state index contributed by atoms with van der Waals surface area (Å²) in [5, 5.41) is 12.7. The maximum absolute atomic E-state index is 9.47. The molecule has 0 spiro atoms. The van der Waals surface area contributed by atoms with Crippen LogP contribution in [0.5, 0.6) is 0 Å². The highest BCUT2D eigenvalue weighted by atomic mass is 16.5. The number of ether oxygens (including phenoxy) is 1. The zero-order chi connectivity index (χ0) is 13.7. The number of anilines is 2. The van der Waals surface area contributed by atoms with Gasteiger partial charge in [0.05, 0.1) is 0 Å². The van der Waals surface area contributed by atoms with Gasteiger partial charge in [0.25, 0.3) is 0 Å². The van der Waals surface area contributed by atoms with Crippen LogP contribution < -0.4 is 10.2 Å². The van der Waals surface area contributed by atoms with Crippen LogP contribution in [-0.2, 0) is 4.74 Å². The first kappa shape index (κ1) is 14.0. The Labute approximate surface area is 113 Å². The molecule has 1 fully saturated rings. The lowest BCUT2D eigenvalue weighted by atomic mass is 9.92. The summed E-state index contributed by atoms with van der Waals surface area (Å²) in [6, 6.07) is 1.84. The molecule has 2 atom stereocenters. The van der Waals surface area contributed by atoms with Gasteiger partial charge in [-0.3, -0.25) is 0 Å². The first-order valence-corrected chi connectivity index (χ1v) is 6.63. The number of nitrogens with zero attached hydrogens (tertiary/aromatic N) is 3. The summed E-state index contributed by atoms with van der Waals surface area (Å²) in [7, 11) is 3.82. The van der Waals surface area contributed by atoms with Crippen molar-refractivity contribution in [3.63, 3.8) is 0 Å². The fraction of sp³-hybridized carbons (Fsp3) is 0.692. The average molecular weight is 266 g/mol. The van der Waals surface area contributed by atoms with Crippen LogP contribution in [0.4, 0.5) is 11.8 Å². The largest absolute Gasteiger partial charge is 0.396 e. The van der Waals surface area contributed by atoms with Gasteiger partial charge in [0.2, 0.25) is 5.95 Å². The number of rotatable bonds is 6. The number of aliphatic hydroxyl groups is 1. The smallest absolute Gasteiger partial charge is 0.226 e. The topological polar surface area (TPSA) is 70.5 Å². The second kappa shape index (κ2) is 6.68. The zero-order valence-corrected chi connectivity index (χ0v) is 11.5. The van der Waals surface area contributed by atoms with Gasteiger partial charge in [-0.15, -0.1) is 0 Å². The van der Waals surface area contributed by atoms with Crippen LogP contribution in [0.1, 0.15) is 6.42 Å². The van der Waals surface area contributed by atoms with E-state index in [0.29, 0.717) is 18.4 Å². The first-order valence-electron chi connectivity index (χ1n) is 6.63. The van der Waals surface area contributed by atoms with E-state index in [9.17, 15) is 5.11 Å². The summed E-state index contributed by atoms with van der Waals surface area (Å²) < 4.78 is 5.37. The Balaban J connectivity index is 1.91. The Morgan fingerprint density at radius 1 is 1.58 bits per heavy atom. The van der Waals surface area contributed by atoms with Gasteiger partial charge in [0, 0.05) is 52.6 Å². The van der Waals surface area contributed by atoms with Crippen LogP contribution in [0.25, 0.3) is 0 Å². The predicted octanol–water partition coefficient (Wildman–Crippen LogP) is 0.599. The number of aromatic nitrogens is 2. The van der Waals surface area contributed by atoms with E-state index in [4.69, 9.17) is 4.74 Å². The summed E-state index contributed by atoms with van der Waals surface area (Å²) in [6.07, 6.45) is 2.76. The van der Waals surface area contributed by atoms with Gasteiger partial charge in [0.1, 0.15) is 5.82 Å². The molecule has 19 heavy (non-hydrogen) atoms. The lowest BCUT2D eigenvalue weighted by Gasteiger charge is -2.21. The lowest BCUT2D eigenvalue weighted by Crippen LogP contribution is -2.27. The second-order valence-corrected chi connectivity index (χ2v) is 5.08. The van der Waals surface area contributed by atoms with Crippen LogP contribution in [0.15, 0.2) is 12.3 Å². The fourth-order valence-corrected chi connectivity index (χ4v) is 2.20. The Bertz CT molecular complexity index is 394. The number of nitrogens with one attached hydrogen (secondary N) is 1. The Morgan fingerprint density at radius 2 is 2.42 bits per heavy atom. The van der Waals surface area contributed by atoms with Gasteiger partial charge in [-0.2, -0.15) is 4.98 Å². The Kier molecular flexibility index (Phi) is 4.93. The van der Waals surface area contributed by atoms with Crippen molar-refractivity contribution in [2.45, 2.75) is 6.42 Å². The third-order valence-electron chi connectivity index (χ3n) is 3.45. The van der Waals surface area contributed by atoms with Crippen molar-refractivity contribution < 1.29 is 9.84 Å². The van der Waals surface area contributed by atoms with Gasteiger partial charge in [-0.1, -0.05) is 0 Å².